The Balaban J connectivity index is 0. The lowest BCUT2D eigenvalue weighted by Gasteiger charge is -2.36. The molecule has 1 aromatic carbocycles. The summed E-state index contributed by atoms with van der Waals surface area (Å²) in [7, 11) is 0. The predicted octanol–water partition coefficient (Wildman–Crippen LogP) is 0.391. The minimum absolute atomic E-state index is 0. The number of nitrogens with zero attached hydrogens (tertiary/aromatic N) is 2. The van der Waals surface area contributed by atoms with Crippen molar-refractivity contribution >= 4 is 29.6 Å². The van der Waals surface area contributed by atoms with Gasteiger partial charge in [-0.25, -0.2) is 19.2 Å². The van der Waals surface area contributed by atoms with E-state index in [9.17, 15) is 0 Å². The van der Waals surface area contributed by atoms with Crippen LogP contribution in [0, 0.1) is 0 Å². The van der Waals surface area contributed by atoms with Gasteiger partial charge in [-0.1, -0.05) is 31.5 Å². The van der Waals surface area contributed by atoms with Gasteiger partial charge in [-0.05, 0) is 32.0 Å². The van der Waals surface area contributed by atoms with E-state index < -0.39 is 23.9 Å². The van der Waals surface area contributed by atoms with Crippen LogP contribution in [0.3, 0.4) is 0 Å². The number of rotatable bonds is 7. The normalized spacial score (nSPS) is 14.1. The van der Waals surface area contributed by atoms with E-state index in [1.54, 1.807) is 0 Å². The van der Waals surface area contributed by atoms with Crippen molar-refractivity contribution in [2.45, 2.75) is 32.7 Å². The Morgan fingerprint density at radius 3 is 1.67 bits per heavy atom. The minimum Gasteiger partial charge on any atom is -0.473 e. The van der Waals surface area contributed by atoms with E-state index in [1.807, 2.05) is 0 Å². The number of para-hydroxylation sites is 1. The quantitative estimate of drug-likeness (QED) is 0.343. The number of unbranched alkanes of at least 4 members (excludes halogenated alkanes) is 1. The molecular weight excluding hydrogens is 438 g/mol. The Bertz CT molecular complexity index is 660. The molecule has 1 atom stereocenters. The average Bonchev–Trinajstić information content (AvgIpc) is 2.74. The van der Waals surface area contributed by atoms with Crippen molar-refractivity contribution in [2.24, 2.45) is 0 Å². The summed E-state index contributed by atoms with van der Waals surface area (Å²) < 4.78 is 0. The number of carboxylic acid groups (broad SMARTS) is 4. The molecule has 188 valence electrons. The van der Waals surface area contributed by atoms with E-state index in [-0.39, 0.29) is 5.48 Å². The SMILES string of the molecule is CCCCN1CCN(CC(C)Nc2ccccc2)CC1.O.O=C(O)C(=O)O.O=C(O)C(=O)O. The predicted molar refractivity (Wildman–Crippen MR) is 121 cm³/mol. The van der Waals surface area contributed by atoms with E-state index >= 15 is 0 Å². The van der Waals surface area contributed by atoms with E-state index in [4.69, 9.17) is 39.6 Å². The first-order valence-electron chi connectivity index (χ1n) is 10.3. The molecule has 0 saturated carbocycles. The van der Waals surface area contributed by atoms with Crippen LogP contribution in [0.15, 0.2) is 30.3 Å². The summed E-state index contributed by atoms with van der Waals surface area (Å²) in [6.45, 7) is 11.9. The number of aliphatic carboxylic acids is 4. The molecule has 1 aromatic rings. The Hall–Kier alpha value is -3.22. The van der Waals surface area contributed by atoms with Crippen molar-refractivity contribution in [3.63, 3.8) is 0 Å². The topological polar surface area (TPSA) is 199 Å². The highest BCUT2D eigenvalue weighted by Gasteiger charge is 2.17. The van der Waals surface area contributed by atoms with Crippen LogP contribution in [0.2, 0.25) is 0 Å². The van der Waals surface area contributed by atoms with Crippen LogP contribution in [0.4, 0.5) is 5.69 Å². The van der Waals surface area contributed by atoms with Crippen LogP contribution in [0.25, 0.3) is 0 Å². The molecule has 1 aliphatic heterocycles. The zero-order valence-electron chi connectivity index (χ0n) is 18.9. The number of hydrogen-bond acceptors (Lipinski definition) is 7. The van der Waals surface area contributed by atoms with Crippen LogP contribution in [-0.4, -0.2) is 105 Å². The van der Waals surface area contributed by atoms with Crippen molar-refractivity contribution in [3.05, 3.63) is 30.3 Å². The molecule has 0 aliphatic carbocycles. The first-order chi connectivity index (χ1) is 15.1. The number of piperazine rings is 1. The van der Waals surface area contributed by atoms with Gasteiger partial charge in [-0.2, -0.15) is 0 Å². The number of carbonyl (C=O) groups is 4. The van der Waals surface area contributed by atoms with Crippen molar-refractivity contribution < 1.29 is 45.1 Å². The van der Waals surface area contributed by atoms with Gasteiger partial charge in [-0.3, -0.25) is 4.90 Å². The highest BCUT2D eigenvalue weighted by molar-refractivity contribution is 6.27. The second-order valence-corrected chi connectivity index (χ2v) is 7.13. The van der Waals surface area contributed by atoms with Crippen molar-refractivity contribution in [2.75, 3.05) is 44.6 Å². The number of hydrogen-bond donors (Lipinski definition) is 5. The molecule has 7 N–H and O–H groups in total. The zero-order chi connectivity index (χ0) is 24.5. The lowest BCUT2D eigenvalue weighted by atomic mass is 10.2. The lowest BCUT2D eigenvalue weighted by molar-refractivity contribution is -0.159. The zero-order valence-corrected chi connectivity index (χ0v) is 18.9. The Labute approximate surface area is 192 Å². The molecule has 0 radical (unpaired) electrons. The van der Waals surface area contributed by atoms with E-state index in [0.717, 1.165) is 6.54 Å². The highest BCUT2D eigenvalue weighted by Crippen LogP contribution is 2.09. The first-order valence-corrected chi connectivity index (χ1v) is 10.3. The molecule has 1 unspecified atom stereocenters. The number of nitrogens with one attached hydrogen (secondary N) is 1. The summed E-state index contributed by atoms with van der Waals surface area (Å²) >= 11 is 0. The minimum atomic E-state index is -1.82. The van der Waals surface area contributed by atoms with E-state index in [1.165, 1.54) is 51.3 Å². The lowest BCUT2D eigenvalue weighted by Crippen LogP contribution is -2.49. The molecule has 0 amide bonds. The summed E-state index contributed by atoms with van der Waals surface area (Å²) in [5.41, 5.74) is 1.22. The summed E-state index contributed by atoms with van der Waals surface area (Å²) in [5, 5.41) is 33.1. The largest absolute Gasteiger partial charge is 0.473 e. The molecule has 1 aliphatic rings. The van der Waals surface area contributed by atoms with Gasteiger partial charge in [0.25, 0.3) is 0 Å². The van der Waals surface area contributed by atoms with E-state index in [0.29, 0.717) is 6.04 Å². The summed E-state index contributed by atoms with van der Waals surface area (Å²) in [4.78, 5) is 41.6. The Morgan fingerprint density at radius 1 is 0.848 bits per heavy atom. The van der Waals surface area contributed by atoms with Crippen LogP contribution in [0.5, 0.6) is 0 Å². The van der Waals surface area contributed by atoms with Crippen molar-refractivity contribution in [3.8, 4) is 0 Å². The maximum absolute atomic E-state index is 9.10. The van der Waals surface area contributed by atoms with Crippen LogP contribution in [-0.2, 0) is 19.2 Å². The molecule has 2 rings (SSSR count). The molecule has 1 heterocycles. The fourth-order valence-electron chi connectivity index (χ4n) is 2.83. The Morgan fingerprint density at radius 2 is 1.27 bits per heavy atom. The molecule has 0 aromatic heterocycles. The second kappa shape index (κ2) is 18.4. The summed E-state index contributed by atoms with van der Waals surface area (Å²) in [5.74, 6) is -7.30. The van der Waals surface area contributed by atoms with Crippen molar-refractivity contribution in [1.29, 1.82) is 0 Å². The third-order valence-electron chi connectivity index (χ3n) is 4.38. The monoisotopic (exact) mass is 473 g/mol. The van der Waals surface area contributed by atoms with Gasteiger partial charge >= 0.3 is 23.9 Å². The van der Waals surface area contributed by atoms with Gasteiger partial charge < -0.3 is 36.1 Å². The third kappa shape index (κ3) is 17.1. The van der Waals surface area contributed by atoms with Gasteiger partial charge in [0.15, 0.2) is 0 Å². The van der Waals surface area contributed by atoms with Crippen LogP contribution < -0.4 is 5.32 Å². The number of benzene rings is 1. The fraction of sp³-hybridized carbons (Fsp3) is 0.524. The number of carboxylic acids is 4. The molecule has 12 nitrogen and oxygen atoms in total. The molecule has 1 saturated heterocycles. The average molecular weight is 474 g/mol. The molecule has 1 fully saturated rings. The maximum atomic E-state index is 9.10. The standard InChI is InChI=1S/C17H29N3.2C2H2O4.H2O/c1-3-4-10-19-11-13-20(14-12-19)15-16(2)18-17-8-6-5-7-9-17;2*3-1(4)2(5)6;/h5-9,16,18H,3-4,10-15H2,1-2H3;2*(H,3,4)(H,5,6);1H2. The van der Waals surface area contributed by atoms with Gasteiger partial charge in [0, 0.05) is 44.5 Å². The fourth-order valence-corrected chi connectivity index (χ4v) is 2.83. The maximum Gasteiger partial charge on any atom is 0.414 e. The van der Waals surface area contributed by atoms with Gasteiger partial charge in [0.1, 0.15) is 0 Å². The number of anilines is 1. The molecular formula is C21H35N3O9. The molecule has 0 bridgehead atoms. The molecule has 0 spiro atoms. The molecule has 12 heteroatoms. The van der Waals surface area contributed by atoms with Gasteiger partial charge in [0.2, 0.25) is 0 Å². The third-order valence-corrected chi connectivity index (χ3v) is 4.38. The Kier molecular flexibility index (Phi) is 17.8. The second-order valence-electron chi connectivity index (χ2n) is 7.13. The van der Waals surface area contributed by atoms with Crippen LogP contribution in [0.1, 0.15) is 26.7 Å². The summed E-state index contributed by atoms with van der Waals surface area (Å²) in [6.07, 6.45) is 2.64. The highest BCUT2D eigenvalue weighted by atomic mass is 16.4. The van der Waals surface area contributed by atoms with Gasteiger partial charge in [-0.15, -0.1) is 0 Å². The smallest absolute Gasteiger partial charge is 0.414 e. The van der Waals surface area contributed by atoms with Crippen molar-refractivity contribution in [1.82, 2.24) is 9.80 Å². The van der Waals surface area contributed by atoms with Gasteiger partial charge in [0.05, 0.1) is 0 Å². The first kappa shape index (κ1) is 32.0. The molecule has 33 heavy (non-hydrogen) atoms. The summed E-state index contributed by atoms with van der Waals surface area (Å²) in [6, 6.07) is 11.0. The van der Waals surface area contributed by atoms with E-state index in [2.05, 4.69) is 59.3 Å². The van der Waals surface area contributed by atoms with Crippen LogP contribution >= 0.6 is 0 Å².